The van der Waals surface area contributed by atoms with Gasteiger partial charge in [-0.15, -0.1) is 11.8 Å². The molecule has 1 aliphatic heterocycles. The maximum Gasteiger partial charge on any atom is 0.251 e. The minimum atomic E-state index is -3.26. The molecule has 0 atom stereocenters. The van der Waals surface area contributed by atoms with E-state index in [0.29, 0.717) is 30.8 Å². The molecule has 2 aromatic rings. The van der Waals surface area contributed by atoms with E-state index in [1.807, 2.05) is 30.3 Å². The molecule has 0 spiro atoms. The van der Waals surface area contributed by atoms with Gasteiger partial charge in [-0.05, 0) is 42.7 Å². The molecule has 1 aliphatic rings. The van der Waals surface area contributed by atoms with Gasteiger partial charge in [0.2, 0.25) is 10.0 Å². The monoisotopic (exact) mass is 404 g/mol. The van der Waals surface area contributed by atoms with Crippen LogP contribution in [0.1, 0.15) is 28.8 Å². The Morgan fingerprint density at radius 3 is 2.33 bits per heavy atom. The van der Waals surface area contributed by atoms with E-state index < -0.39 is 10.0 Å². The van der Waals surface area contributed by atoms with Crippen LogP contribution in [0, 0.1) is 0 Å². The van der Waals surface area contributed by atoms with E-state index in [1.54, 1.807) is 40.3 Å². The summed E-state index contributed by atoms with van der Waals surface area (Å²) in [5.74, 6) is 0.641. The molecule has 1 amide bonds. The van der Waals surface area contributed by atoms with Gasteiger partial charge in [0.15, 0.2) is 0 Å². The van der Waals surface area contributed by atoms with E-state index in [2.05, 4.69) is 5.32 Å². The lowest BCUT2D eigenvalue weighted by molar-refractivity contribution is 0.0956. The van der Waals surface area contributed by atoms with Crippen molar-refractivity contribution in [2.24, 2.45) is 0 Å². The Hall–Kier alpha value is -1.83. The Morgan fingerprint density at radius 1 is 1.00 bits per heavy atom. The molecule has 1 saturated heterocycles. The Kier molecular flexibility index (Phi) is 6.93. The van der Waals surface area contributed by atoms with Crippen LogP contribution in [0.25, 0.3) is 0 Å². The van der Waals surface area contributed by atoms with E-state index in [4.69, 9.17) is 0 Å². The van der Waals surface area contributed by atoms with Crippen molar-refractivity contribution in [3.8, 4) is 0 Å². The summed E-state index contributed by atoms with van der Waals surface area (Å²) in [5.41, 5.74) is 1.25. The maximum atomic E-state index is 12.4. The van der Waals surface area contributed by atoms with E-state index in [0.717, 1.165) is 18.6 Å². The number of amides is 1. The summed E-state index contributed by atoms with van der Waals surface area (Å²) in [6, 6.07) is 16.9. The van der Waals surface area contributed by atoms with Gasteiger partial charge < -0.3 is 5.32 Å². The van der Waals surface area contributed by atoms with Crippen LogP contribution in [-0.2, 0) is 15.8 Å². The van der Waals surface area contributed by atoms with Gasteiger partial charge in [-0.25, -0.2) is 12.7 Å². The molecule has 1 N–H and O–H groups in total. The number of hydrogen-bond acceptors (Lipinski definition) is 4. The van der Waals surface area contributed by atoms with Crippen molar-refractivity contribution < 1.29 is 13.2 Å². The van der Waals surface area contributed by atoms with E-state index in [-0.39, 0.29) is 11.7 Å². The lowest BCUT2D eigenvalue weighted by Crippen LogP contribution is -2.29. The third-order valence-corrected chi connectivity index (χ3v) is 7.29. The lowest BCUT2D eigenvalue weighted by atomic mass is 10.1. The number of rotatable bonds is 8. The van der Waals surface area contributed by atoms with Crippen molar-refractivity contribution in [1.29, 1.82) is 0 Å². The molecule has 1 fully saturated rings. The molecular formula is C20H24N2O3S2. The second-order valence-corrected chi connectivity index (χ2v) is 9.61. The summed E-state index contributed by atoms with van der Waals surface area (Å²) in [7, 11) is -3.26. The number of benzene rings is 2. The first-order chi connectivity index (χ1) is 13.0. The fourth-order valence-electron chi connectivity index (χ4n) is 2.97. The van der Waals surface area contributed by atoms with Gasteiger partial charge in [-0.3, -0.25) is 4.79 Å². The minimum Gasteiger partial charge on any atom is -0.351 e. The Balaban J connectivity index is 1.47. The topological polar surface area (TPSA) is 66.5 Å². The summed E-state index contributed by atoms with van der Waals surface area (Å²) >= 11 is 1.69. The third-order valence-electron chi connectivity index (χ3n) is 4.42. The molecule has 0 radical (unpaired) electrons. The number of thioether (sulfide) groups is 1. The molecule has 2 aromatic carbocycles. The lowest BCUT2D eigenvalue weighted by Gasteiger charge is -2.15. The number of nitrogens with zero attached hydrogens (tertiary/aromatic N) is 1. The van der Waals surface area contributed by atoms with Crippen molar-refractivity contribution in [1.82, 2.24) is 9.62 Å². The van der Waals surface area contributed by atoms with Gasteiger partial charge in [0.1, 0.15) is 0 Å². The van der Waals surface area contributed by atoms with Gasteiger partial charge in [-0.1, -0.05) is 30.3 Å². The van der Waals surface area contributed by atoms with Crippen LogP contribution in [0.4, 0.5) is 0 Å². The minimum absolute atomic E-state index is 0.0113. The molecule has 1 heterocycles. The smallest absolute Gasteiger partial charge is 0.251 e. The average molecular weight is 405 g/mol. The highest BCUT2D eigenvalue weighted by Gasteiger charge is 2.25. The maximum absolute atomic E-state index is 12.4. The number of nitrogens with one attached hydrogen (secondary N) is 1. The Bertz CT molecular complexity index is 847. The van der Waals surface area contributed by atoms with Gasteiger partial charge in [0.25, 0.3) is 5.91 Å². The van der Waals surface area contributed by atoms with Crippen LogP contribution in [0.15, 0.2) is 59.5 Å². The third kappa shape index (κ3) is 5.82. The number of carbonyl (C=O) groups excluding carboxylic acids is 1. The molecule has 144 valence electrons. The van der Waals surface area contributed by atoms with E-state index in [1.165, 1.54) is 4.90 Å². The van der Waals surface area contributed by atoms with Crippen LogP contribution in [0.5, 0.6) is 0 Å². The van der Waals surface area contributed by atoms with E-state index >= 15 is 0 Å². The van der Waals surface area contributed by atoms with Crippen LogP contribution in [0.3, 0.4) is 0 Å². The molecule has 0 bridgehead atoms. The van der Waals surface area contributed by atoms with Crippen molar-refractivity contribution in [3.63, 3.8) is 0 Å². The van der Waals surface area contributed by atoms with Crippen molar-refractivity contribution >= 4 is 27.7 Å². The number of carbonyl (C=O) groups is 1. The zero-order valence-electron chi connectivity index (χ0n) is 15.1. The molecule has 0 saturated carbocycles. The van der Waals surface area contributed by atoms with E-state index in [9.17, 15) is 13.2 Å². The van der Waals surface area contributed by atoms with Crippen LogP contribution in [0.2, 0.25) is 0 Å². The molecule has 0 aliphatic carbocycles. The van der Waals surface area contributed by atoms with Crippen molar-refractivity contribution in [2.45, 2.75) is 23.5 Å². The fourth-order valence-corrected chi connectivity index (χ4v) is 5.37. The number of sulfonamides is 1. The average Bonchev–Trinajstić information content (AvgIpc) is 3.22. The second-order valence-electron chi connectivity index (χ2n) is 6.48. The molecule has 27 heavy (non-hydrogen) atoms. The standard InChI is InChI=1S/C20H24N2O3S2/c23-20(21-12-15-26-19-6-2-1-3-7-19)18-10-8-17(9-11-18)16-27(24,25)22-13-4-5-14-22/h1-3,6-11H,4-5,12-16H2,(H,21,23). The van der Waals surface area contributed by atoms with Gasteiger partial charge in [0.05, 0.1) is 5.75 Å². The van der Waals surface area contributed by atoms with Crippen LogP contribution >= 0.6 is 11.8 Å². The van der Waals surface area contributed by atoms with Crippen molar-refractivity contribution in [3.05, 3.63) is 65.7 Å². The van der Waals surface area contributed by atoms with Crippen LogP contribution < -0.4 is 5.32 Å². The highest BCUT2D eigenvalue weighted by molar-refractivity contribution is 7.99. The molecule has 7 heteroatoms. The highest BCUT2D eigenvalue weighted by atomic mass is 32.2. The highest BCUT2D eigenvalue weighted by Crippen LogP contribution is 2.18. The molecular weight excluding hydrogens is 380 g/mol. The zero-order valence-corrected chi connectivity index (χ0v) is 16.8. The summed E-state index contributed by atoms with van der Waals surface area (Å²) in [5, 5.41) is 2.90. The second kappa shape index (κ2) is 9.39. The number of hydrogen-bond donors (Lipinski definition) is 1. The summed E-state index contributed by atoms with van der Waals surface area (Å²) in [6.45, 7) is 1.80. The Morgan fingerprint density at radius 2 is 1.67 bits per heavy atom. The SMILES string of the molecule is O=C(NCCSc1ccccc1)c1ccc(CS(=O)(=O)N2CCCC2)cc1. The first kappa shape index (κ1) is 19.9. The predicted octanol–water partition coefficient (Wildman–Crippen LogP) is 3.13. The van der Waals surface area contributed by atoms with Gasteiger partial charge >= 0.3 is 0 Å². The predicted molar refractivity (Wildman–Crippen MR) is 109 cm³/mol. The summed E-state index contributed by atoms with van der Waals surface area (Å²) in [6.07, 6.45) is 1.86. The fraction of sp³-hybridized carbons (Fsp3) is 0.350. The largest absolute Gasteiger partial charge is 0.351 e. The van der Waals surface area contributed by atoms with Crippen molar-refractivity contribution in [2.75, 3.05) is 25.4 Å². The quantitative estimate of drug-likeness (QED) is 0.542. The van der Waals surface area contributed by atoms with Gasteiger partial charge in [-0.2, -0.15) is 0 Å². The summed E-state index contributed by atoms with van der Waals surface area (Å²) < 4.78 is 26.3. The van der Waals surface area contributed by atoms with Gasteiger partial charge in [0, 0.05) is 35.8 Å². The first-order valence-electron chi connectivity index (χ1n) is 9.07. The zero-order chi connectivity index (χ0) is 19.1. The normalized spacial score (nSPS) is 15.0. The molecule has 3 rings (SSSR count). The molecule has 0 aromatic heterocycles. The Labute approximate surface area is 165 Å². The first-order valence-corrected chi connectivity index (χ1v) is 11.7. The molecule has 5 nitrogen and oxygen atoms in total. The van der Waals surface area contributed by atoms with Crippen LogP contribution in [-0.4, -0.2) is 44.0 Å². The molecule has 0 unspecified atom stereocenters. The summed E-state index contributed by atoms with van der Waals surface area (Å²) in [4.78, 5) is 13.4.